The monoisotopic (exact) mass is 249 g/mol. The van der Waals surface area contributed by atoms with Gasteiger partial charge in [-0.25, -0.2) is 4.79 Å². The molecule has 18 heavy (non-hydrogen) atoms. The van der Waals surface area contributed by atoms with Gasteiger partial charge < -0.3 is 15.2 Å². The maximum atomic E-state index is 11.8. The van der Waals surface area contributed by atoms with E-state index in [0.29, 0.717) is 23.6 Å². The molecule has 1 aliphatic carbocycles. The van der Waals surface area contributed by atoms with Crippen LogP contribution in [0.2, 0.25) is 0 Å². The second kappa shape index (κ2) is 5.76. The van der Waals surface area contributed by atoms with E-state index in [1.807, 2.05) is 0 Å². The number of carbonyl (C=O) groups is 1. The van der Waals surface area contributed by atoms with Crippen LogP contribution in [0.3, 0.4) is 0 Å². The lowest BCUT2D eigenvalue weighted by molar-refractivity contribution is 0.0519. The van der Waals surface area contributed by atoms with Crippen LogP contribution >= 0.6 is 0 Å². The smallest absolute Gasteiger partial charge is 0.341 e. The van der Waals surface area contributed by atoms with Crippen LogP contribution in [0, 0.1) is 0 Å². The third kappa shape index (κ3) is 2.94. The first-order valence-corrected chi connectivity index (χ1v) is 6.44. The van der Waals surface area contributed by atoms with Crippen molar-refractivity contribution < 1.29 is 14.3 Å². The van der Waals surface area contributed by atoms with Crippen molar-refractivity contribution in [3.8, 4) is 5.75 Å². The zero-order valence-electron chi connectivity index (χ0n) is 10.6. The summed E-state index contributed by atoms with van der Waals surface area (Å²) in [4.78, 5) is 11.8. The van der Waals surface area contributed by atoms with Gasteiger partial charge in [-0.15, -0.1) is 0 Å². The third-order valence-electron chi connectivity index (χ3n) is 3.10. The molecule has 0 unspecified atom stereocenters. The predicted molar refractivity (Wildman–Crippen MR) is 69.7 cm³/mol. The lowest BCUT2D eigenvalue weighted by Crippen LogP contribution is -2.15. The minimum absolute atomic E-state index is 0.194. The van der Waals surface area contributed by atoms with Crippen LogP contribution in [-0.2, 0) is 4.74 Å². The summed E-state index contributed by atoms with van der Waals surface area (Å²) in [5.74, 6) is 0.186. The normalized spacial score (nSPS) is 15.6. The second-order valence-corrected chi connectivity index (χ2v) is 4.50. The van der Waals surface area contributed by atoms with Gasteiger partial charge in [0.15, 0.2) is 0 Å². The SMILES string of the molecule is CCOC(=O)c1ccc(N)cc1OC1CCCC1. The highest BCUT2D eigenvalue weighted by Crippen LogP contribution is 2.28. The lowest BCUT2D eigenvalue weighted by Gasteiger charge is -2.16. The van der Waals surface area contributed by atoms with Crippen molar-refractivity contribution in [2.45, 2.75) is 38.7 Å². The summed E-state index contributed by atoms with van der Waals surface area (Å²) < 4.78 is 10.9. The quantitative estimate of drug-likeness (QED) is 0.658. The molecule has 4 nitrogen and oxygen atoms in total. The molecule has 1 fully saturated rings. The second-order valence-electron chi connectivity index (χ2n) is 4.50. The van der Waals surface area contributed by atoms with Crippen LogP contribution in [0.25, 0.3) is 0 Å². The molecule has 98 valence electrons. The minimum Gasteiger partial charge on any atom is -0.489 e. The first kappa shape index (κ1) is 12.7. The number of nitrogen functional groups attached to an aromatic ring is 1. The first-order chi connectivity index (χ1) is 8.70. The van der Waals surface area contributed by atoms with E-state index >= 15 is 0 Å². The maximum absolute atomic E-state index is 11.8. The van der Waals surface area contributed by atoms with Gasteiger partial charge in [-0.3, -0.25) is 0 Å². The molecule has 0 bridgehead atoms. The summed E-state index contributed by atoms with van der Waals surface area (Å²) in [5.41, 5.74) is 6.79. The third-order valence-corrected chi connectivity index (χ3v) is 3.10. The standard InChI is InChI=1S/C14H19NO3/c1-2-17-14(16)12-8-7-10(15)9-13(12)18-11-5-3-4-6-11/h7-9,11H,2-6,15H2,1H3. The van der Waals surface area contributed by atoms with Gasteiger partial charge in [0.2, 0.25) is 0 Å². The highest BCUT2D eigenvalue weighted by atomic mass is 16.5. The van der Waals surface area contributed by atoms with Gasteiger partial charge in [0.1, 0.15) is 11.3 Å². The summed E-state index contributed by atoms with van der Waals surface area (Å²) in [7, 11) is 0. The van der Waals surface area contributed by atoms with Gasteiger partial charge in [-0.2, -0.15) is 0 Å². The Bertz CT molecular complexity index is 425. The van der Waals surface area contributed by atoms with E-state index in [1.165, 1.54) is 12.8 Å². The summed E-state index contributed by atoms with van der Waals surface area (Å²) in [6, 6.07) is 5.05. The van der Waals surface area contributed by atoms with Crippen LogP contribution in [-0.4, -0.2) is 18.7 Å². The van der Waals surface area contributed by atoms with E-state index in [2.05, 4.69) is 0 Å². The number of carbonyl (C=O) groups excluding carboxylic acids is 1. The molecule has 1 aliphatic rings. The fourth-order valence-corrected chi connectivity index (χ4v) is 2.20. The maximum Gasteiger partial charge on any atom is 0.341 e. The number of hydrogen-bond donors (Lipinski definition) is 1. The van der Waals surface area contributed by atoms with Gasteiger partial charge in [-0.05, 0) is 44.7 Å². The number of anilines is 1. The molecule has 1 aromatic carbocycles. The van der Waals surface area contributed by atoms with Crippen molar-refractivity contribution in [1.82, 2.24) is 0 Å². The van der Waals surface area contributed by atoms with Crippen molar-refractivity contribution in [3.63, 3.8) is 0 Å². The summed E-state index contributed by atoms with van der Waals surface area (Å²) in [6.07, 6.45) is 4.64. The molecule has 0 radical (unpaired) electrons. The van der Waals surface area contributed by atoms with Crippen molar-refractivity contribution in [2.75, 3.05) is 12.3 Å². The lowest BCUT2D eigenvalue weighted by atomic mass is 10.1. The molecule has 2 N–H and O–H groups in total. The molecule has 1 saturated carbocycles. The van der Waals surface area contributed by atoms with Gasteiger partial charge >= 0.3 is 5.97 Å². The number of hydrogen-bond acceptors (Lipinski definition) is 4. The first-order valence-electron chi connectivity index (χ1n) is 6.44. The molecule has 0 aliphatic heterocycles. The molecule has 0 aromatic heterocycles. The van der Waals surface area contributed by atoms with E-state index in [0.717, 1.165) is 12.8 Å². The molecule has 1 aromatic rings. The Morgan fingerprint density at radius 2 is 2.11 bits per heavy atom. The Labute approximate surface area is 107 Å². The van der Waals surface area contributed by atoms with Gasteiger partial charge in [0.25, 0.3) is 0 Å². The minimum atomic E-state index is -0.356. The molecule has 0 spiro atoms. The Balaban J connectivity index is 2.19. The van der Waals surface area contributed by atoms with Gasteiger partial charge in [0, 0.05) is 11.8 Å². The van der Waals surface area contributed by atoms with Crippen molar-refractivity contribution in [2.24, 2.45) is 0 Å². The van der Waals surface area contributed by atoms with Crippen LogP contribution in [0.1, 0.15) is 43.0 Å². The van der Waals surface area contributed by atoms with Crippen molar-refractivity contribution in [3.05, 3.63) is 23.8 Å². The van der Waals surface area contributed by atoms with Crippen molar-refractivity contribution in [1.29, 1.82) is 0 Å². The number of esters is 1. The Morgan fingerprint density at radius 3 is 2.78 bits per heavy atom. The van der Waals surface area contributed by atoms with Crippen LogP contribution in [0.5, 0.6) is 5.75 Å². The summed E-state index contributed by atoms with van der Waals surface area (Å²) >= 11 is 0. The molecule has 2 rings (SSSR count). The van der Waals surface area contributed by atoms with E-state index in [4.69, 9.17) is 15.2 Å². The van der Waals surface area contributed by atoms with E-state index in [9.17, 15) is 4.79 Å². The van der Waals surface area contributed by atoms with Crippen LogP contribution in [0.4, 0.5) is 5.69 Å². The molecule has 0 atom stereocenters. The zero-order chi connectivity index (χ0) is 13.0. The van der Waals surface area contributed by atoms with E-state index in [1.54, 1.807) is 25.1 Å². The van der Waals surface area contributed by atoms with Gasteiger partial charge in [-0.1, -0.05) is 0 Å². The highest BCUT2D eigenvalue weighted by Gasteiger charge is 2.20. The molecule has 0 amide bonds. The fourth-order valence-electron chi connectivity index (χ4n) is 2.20. The summed E-state index contributed by atoms with van der Waals surface area (Å²) in [5, 5.41) is 0. The Kier molecular flexibility index (Phi) is 4.07. The molecule has 0 saturated heterocycles. The molecule has 0 heterocycles. The van der Waals surface area contributed by atoms with E-state index in [-0.39, 0.29) is 12.1 Å². The zero-order valence-corrected chi connectivity index (χ0v) is 10.6. The molecular formula is C14H19NO3. The highest BCUT2D eigenvalue weighted by molar-refractivity contribution is 5.93. The average Bonchev–Trinajstić information content (AvgIpc) is 2.82. The molecule has 4 heteroatoms. The number of benzene rings is 1. The van der Waals surface area contributed by atoms with E-state index < -0.39 is 0 Å². The van der Waals surface area contributed by atoms with Crippen LogP contribution < -0.4 is 10.5 Å². The topological polar surface area (TPSA) is 61.5 Å². The fraction of sp³-hybridized carbons (Fsp3) is 0.500. The number of ether oxygens (including phenoxy) is 2. The Morgan fingerprint density at radius 1 is 1.39 bits per heavy atom. The molecular weight excluding hydrogens is 230 g/mol. The Hall–Kier alpha value is -1.71. The predicted octanol–water partition coefficient (Wildman–Crippen LogP) is 2.77. The van der Waals surface area contributed by atoms with Crippen molar-refractivity contribution >= 4 is 11.7 Å². The average molecular weight is 249 g/mol. The summed E-state index contributed by atoms with van der Waals surface area (Å²) in [6.45, 7) is 2.14. The van der Waals surface area contributed by atoms with Crippen LogP contribution in [0.15, 0.2) is 18.2 Å². The number of nitrogens with two attached hydrogens (primary N) is 1. The number of rotatable bonds is 4. The van der Waals surface area contributed by atoms with Gasteiger partial charge in [0.05, 0.1) is 12.7 Å². The largest absolute Gasteiger partial charge is 0.489 e.